The minimum atomic E-state index is 0.0417. The molecule has 3 nitrogen and oxygen atoms in total. The third-order valence-electron chi connectivity index (χ3n) is 2.17. The van der Waals surface area contributed by atoms with Crippen LogP contribution in [0.15, 0.2) is 0 Å². The third kappa shape index (κ3) is 3.15. The summed E-state index contributed by atoms with van der Waals surface area (Å²) in [5.74, 6) is 2.23. The van der Waals surface area contributed by atoms with Crippen LogP contribution in [0.2, 0.25) is 0 Å². The van der Waals surface area contributed by atoms with Crippen LogP contribution in [-0.2, 0) is 4.79 Å². The van der Waals surface area contributed by atoms with E-state index in [2.05, 4.69) is 0 Å². The second-order valence-corrected chi connectivity index (χ2v) is 4.84. The predicted octanol–water partition coefficient (Wildman–Crippen LogP) is 0.627. The van der Waals surface area contributed by atoms with E-state index in [1.807, 2.05) is 18.8 Å². The van der Waals surface area contributed by atoms with Gasteiger partial charge in [0.2, 0.25) is 5.91 Å². The number of carbonyl (C=O) groups excluding carboxylic acids is 1. The van der Waals surface area contributed by atoms with Gasteiger partial charge in [-0.1, -0.05) is 12.2 Å². The molecular formula is C8H14N2OS2. The second kappa shape index (κ2) is 4.81. The van der Waals surface area contributed by atoms with E-state index < -0.39 is 0 Å². The lowest BCUT2D eigenvalue weighted by Gasteiger charge is -2.23. The molecule has 0 aromatic rings. The maximum Gasteiger partial charge on any atom is 0.229 e. The van der Waals surface area contributed by atoms with Crippen LogP contribution in [-0.4, -0.2) is 40.4 Å². The van der Waals surface area contributed by atoms with E-state index in [-0.39, 0.29) is 17.3 Å². The van der Waals surface area contributed by atoms with Gasteiger partial charge in [0.05, 0.1) is 11.4 Å². The summed E-state index contributed by atoms with van der Waals surface area (Å²) in [5, 5.41) is 0. The van der Waals surface area contributed by atoms with Crippen LogP contribution in [0.3, 0.4) is 0 Å². The van der Waals surface area contributed by atoms with Crippen LogP contribution in [0, 0.1) is 0 Å². The summed E-state index contributed by atoms with van der Waals surface area (Å²) in [6.45, 7) is 0. The molecule has 1 rings (SSSR count). The molecule has 0 radical (unpaired) electrons. The molecule has 1 heterocycles. The maximum absolute atomic E-state index is 11.5. The third-order valence-corrected chi connectivity index (χ3v) is 3.46. The van der Waals surface area contributed by atoms with Crippen LogP contribution in [0.1, 0.15) is 12.8 Å². The highest BCUT2D eigenvalue weighted by Crippen LogP contribution is 2.21. The van der Waals surface area contributed by atoms with Crippen molar-refractivity contribution in [2.75, 3.05) is 18.6 Å². The number of hydrogen-bond donors (Lipinski definition) is 1. The summed E-state index contributed by atoms with van der Waals surface area (Å²) in [6, 6.07) is 0.381. The van der Waals surface area contributed by atoms with Gasteiger partial charge in [0.15, 0.2) is 0 Å². The lowest BCUT2D eigenvalue weighted by Crippen LogP contribution is -2.38. The molecule has 1 aliphatic rings. The largest absolute Gasteiger partial charge is 0.393 e. The monoisotopic (exact) mass is 218 g/mol. The van der Waals surface area contributed by atoms with Crippen molar-refractivity contribution in [3.8, 4) is 0 Å². The molecule has 0 aromatic heterocycles. The molecule has 0 bridgehead atoms. The Balaban J connectivity index is 2.41. The highest BCUT2D eigenvalue weighted by molar-refractivity contribution is 7.99. The summed E-state index contributed by atoms with van der Waals surface area (Å²) in [6.07, 6.45) is 1.29. The quantitative estimate of drug-likeness (QED) is 0.706. The molecule has 1 saturated heterocycles. The van der Waals surface area contributed by atoms with E-state index in [0.29, 0.717) is 6.04 Å². The lowest BCUT2D eigenvalue weighted by atomic mass is 10.2. The van der Waals surface area contributed by atoms with Gasteiger partial charge in [0.1, 0.15) is 0 Å². The van der Waals surface area contributed by atoms with Gasteiger partial charge in [-0.15, -0.1) is 0 Å². The van der Waals surface area contributed by atoms with Crippen LogP contribution < -0.4 is 5.73 Å². The molecule has 0 aliphatic carbocycles. The molecule has 13 heavy (non-hydrogen) atoms. The van der Waals surface area contributed by atoms with E-state index in [4.69, 9.17) is 18.0 Å². The fraction of sp³-hybridized carbons (Fsp3) is 0.750. The zero-order valence-corrected chi connectivity index (χ0v) is 9.29. The van der Waals surface area contributed by atoms with Crippen LogP contribution in [0.4, 0.5) is 0 Å². The summed E-state index contributed by atoms with van der Waals surface area (Å²) < 4.78 is 0. The molecule has 0 saturated carbocycles. The molecular weight excluding hydrogens is 204 g/mol. The van der Waals surface area contributed by atoms with Crippen molar-refractivity contribution in [3.05, 3.63) is 0 Å². The molecule has 1 fully saturated rings. The van der Waals surface area contributed by atoms with Crippen molar-refractivity contribution in [1.29, 1.82) is 0 Å². The van der Waals surface area contributed by atoms with Crippen LogP contribution in [0.25, 0.3) is 0 Å². The van der Waals surface area contributed by atoms with Crippen LogP contribution >= 0.6 is 24.0 Å². The van der Waals surface area contributed by atoms with Gasteiger partial charge in [-0.3, -0.25) is 4.79 Å². The number of rotatable bonds is 3. The molecule has 74 valence electrons. The molecule has 1 amide bonds. The molecule has 1 aliphatic heterocycles. The zero-order chi connectivity index (χ0) is 9.84. The van der Waals surface area contributed by atoms with Crippen molar-refractivity contribution in [2.45, 2.75) is 18.9 Å². The van der Waals surface area contributed by atoms with Gasteiger partial charge < -0.3 is 10.6 Å². The average molecular weight is 218 g/mol. The first kappa shape index (κ1) is 10.8. The minimum absolute atomic E-state index is 0.0417. The smallest absolute Gasteiger partial charge is 0.229 e. The van der Waals surface area contributed by atoms with Gasteiger partial charge >= 0.3 is 0 Å². The first-order chi connectivity index (χ1) is 6.11. The minimum Gasteiger partial charge on any atom is -0.393 e. The topological polar surface area (TPSA) is 46.3 Å². The first-order valence-corrected chi connectivity index (χ1v) is 5.79. The Morgan fingerprint density at radius 2 is 2.46 bits per heavy atom. The van der Waals surface area contributed by atoms with Gasteiger partial charge in [-0.2, -0.15) is 11.8 Å². The summed E-state index contributed by atoms with van der Waals surface area (Å²) in [4.78, 5) is 13.5. The van der Waals surface area contributed by atoms with Crippen molar-refractivity contribution in [1.82, 2.24) is 4.90 Å². The van der Waals surface area contributed by atoms with E-state index in [0.717, 1.165) is 17.9 Å². The standard InChI is InChI=1S/C8H14N2OS2/c1-10(6-2-3-13-5-6)8(11)4-7(9)12/h6H,2-5H2,1H3,(H2,9,12). The number of amides is 1. The second-order valence-electron chi connectivity index (χ2n) is 3.17. The summed E-state index contributed by atoms with van der Waals surface area (Å²) >= 11 is 6.58. The van der Waals surface area contributed by atoms with Gasteiger partial charge in [-0.05, 0) is 12.2 Å². The Kier molecular flexibility index (Phi) is 3.99. The Bertz CT molecular complexity index is 214. The fourth-order valence-electron chi connectivity index (χ4n) is 1.30. The molecule has 1 atom stereocenters. The number of thioether (sulfide) groups is 1. The van der Waals surface area contributed by atoms with E-state index in [9.17, 15) is 4.79 Å². The predicted molar refractivity (Wildman–Crippen MR) is 59.9 cm³/mol. The van der Waals surface area contributed by atoms with Gasteiger partial charge in [0.25, 0.3) is 0 Å². The molecule has 5 heteroatoms. The lowest BCUT2D eigenvalue weighted by molar-refractivity contribution is -0.130. The Morgan fingerprint density at radius 3 is 2.92 bits per heavy atom. The number of thiocarbonyl (C=S) groups is 1. The number of nitrogens with zero attached hydrogens (tertiary/aromatic N) is 1. The van der Waals surface area contributed by atoms with Crippen molar-refractivity contribution in [3.63, 3.8) is 0 Å². The average Bonchev–Trinajstić information content (AvgIpc) is 2.53. The fourth-order valence-corrected chi connectivity index (χ4v) is 2.70. The number of hydrogen-bond acceptors (Lipinski definition) is 3. The summed E-state index contributed by atoms with van der Waals surface area (Å²) in [5.41, 5.74) is 5.31. The summed E-state index contributed by atoms with van der Waals surface area (Å²) in [7, 11) is 1.83. The number of carbonyl (C=O) groups is 1. The molecule has 0 spiro atoms. The Morgan fingerprint density at radius 1 is 1.77 bits per heavy atom. The Hall–Kier alpha value is -0.290. The first-order valence-electron chi connectivity index (χ1n) is 4.23. The highest BCUT2D eigenvalue weighted by Gasteiger charge is 2.23. The van der Waals surface area contributed by atoms with Crippen molar-refractivity contribution < 1.29 is 4.79 Å². The van der Waals surface area contributed by atoms with Gasteiger partial charge in [-0.25, -0.2) is 0 Å². The van der Waals surface area contributed by atoms with Gasteiger partial charge in [0, 0.05) is 18.8 Å². The van der Waals surface area contributed by atoms with E-state index >= 15 is 0 Å². The van der Waals surface area contributed by atoms with Crippen molar-refractivity contribution in [2.24, 2.45) is 5.73 Å². The molecule has 2 N–H and O–H groups in total. The SMILES string of the molecule is CN(C(=O)CC(N)=S)C1CCSC1. The van der Waals surface area contributed by atoms with Crippen LogP contribution in [0.5, 0.6) is 0 Å². The highest BCUT2D eigenvalue weighted by atomic mass is 32.2. The zero-order valence-electron chi connectivity index (χ0n) is 7.66. The number of nitrogens with two attached hydrogens (primary N) is 1. The van der Waals surface area contributed by atoms with Crippen molar-refractivity contribution >= 4 is 34.9 Å². The maximum atomic E-state index is 11.5. The molecule has 0 aromatic carbocycles. The van der Waals surface area contributed by atoms with E-state index in [1.165, 1.54) is 0 Å². The molecule has 1 unspecified atom stereocenters. The van der Waals surface area contributed by atoms with E-state index in [1.54, 1.807) is 4.90 Å². The normalized spacial score (nSPS) is 21.5. The Labute approximate surface area is 88.0 Å².